The van der Waals surface area contributed by atoms with Crippen LogP contribution in [-0.2, 0) is 9.09 Å². The van der Waals surface area contributed by atoms with Crippen molar-refractivity contribution in [1.29, 1.82) is 0 Å². The highest BCUT2D eigenvalue weighted by atomic mass is 31.2. The second kappa shape index (κ2) is 3.79. The molecule has 0 heterocycles. The van der Waals surface area contributed by atoms with Crippen LogP contribution in [0.2, 0.25) is 0 Å². The first kappa shape index (κ1) is 9.73. The number of rotatable bonds is 4. The fraction of sp³-hybridized carbons (Fsp3) is 0.667. The maximum absolute atomic E-state index is 11.2. The topological polar surface area (TPSA) is 46.5 Å². The average Bonchev–Trinajstić information content (AvgIpc) is 1.59. The summed E-state index contributed by atoms with van der Waals surface area (Å²) in [5.74, 6) is -0.0840. The van der Waals surface area contributed by atoms with E-state index in [4.69, 9.17) is 9.63 Å². The Hall–Kier alpha value is -0.270. The van der Waals surface area contributed by atoms with Gasteiger partial charge in [-0.05, 0) is 6.92 Å². The lowest BCUT2D eigenvalue weighted by Gasteiger charge is -2.10. The molecule has 1 unspecified atom stereocenters. The molecule has 0 spiro atoms. The fourth-order valence-electron chi connectivity index (χ4n) is 0.650. The zero-order valence-corrected chi connectivity index (χ0v) is 7.23. The summed E-state index contributed by atoms with van der Waals surface area (Å²) in [5.41, 5.74) is 0. The molecule has 3 nitrogen and oxygen atoms in total. The summed E-state index contributed by atoms with van der Waals surface area (Å²) in [7, 11) is -2.60. The van der Waals surface area contributed by atoms with Gasteiger partial charge in [-0.1, -0.05) is 6.58 Å². The second-order valence-electron chi connectivity index (χ2n) is 2.16. The van der Waals surface area contributed by atoms with Crippen molar-refractivity contribution in [2.45, 2.75) is 6.92 Å². The van der Waals surface area contributed by atoms with E-state index in [1.807, 2.05) is 0 Å². The lowest BCUT2D eigenvalue weighted by atomic mass is 10.7. The van der Waals surface area contributed by atoms with E-state index in [-0.39, 0.29) is 11.9 Å². The number of hydrogen-bond donors (Lipinski definition) is 1. The van der Waals surface area contributed by atoms with E-state index >= 15 is 0 Å². The summed E-state index contributed by atoms with van der Waals surface area (Å²) in [5, 5.41) is 8.67. The predicted molar refractivity (Wildman–Crippen MR) is 41.8 cm³/mol. The molecule has 0 bridgehead atoms. The van der Waals surface area contributed by atoms with Gasteiger partial charge in [0, 0.05) is 6.66 Å². The van der Waals surface area contributed by atoms with Crippen molar-refractivity contribution in [2.24, 2.45) is 0 Å². The predicted octanol–water partition coefficient (Wildman–Crippen LogP) is 2.00. The summed E-state index contributed by atoms with van der Waals surface area (Å²) >= 11 is 0. The van der Waals surface area contributed by atoms with E-state index in [1.54, 1.807) is 6.92 Å². The van der Waals surface area contributed by atoms with Crippen LogP contribution in [0.5, 0.6) is 0 Å². The number of aliphatic hydroxyl groups is 1. The SMILES string of the molecule is C=C(O)CP(C)(=O)OCC. The molecule has 1 atom stereocenters. The average molecular weight is 164 g/mol. The van der Waals surface area contributed by atoms with E-state index in [0.29, 0.717) is 6.61 Å². The molecule has 60 valence electrons. The van der Waals surface area contributed by atoms with Crippen molar-refractivity contribution in [3.63, 3.8) is 0 Å². The van der Waals surface area contributed by atoms with Gasteiger partial charge in [-0.3, -0.25) is 4.57 Å². The van der Waals surface area contributed by atoms with Crippen LogP contribution in [0.4, 0.5) is 0 Å². The van der Waals surface area contributed by atoms with E-state index in [0.717, 1.165) is 0 Å². The normalized spacial score (nSPS) is 16.2. The molecule has 1 N–H and O–H groups in total. The second-order valence-corrected chi connectivity index (χ2v) is 4.76. The first-order chi connectivity index (χ1) is 4.48. The molecule has 0 radical (unpaired) electrons. The third-order valence-electron chi connectivity index (χ3n) is 0.872. The van der Waals surface area contributed by atoms with Gasteiger partial charge in [0.25, 0.3) is 0 Å². The van der Waals surface area contributed by atoms with Gasteiger partial charge in [-0.2, -0.15) is 0 Å². The van der Waals surface area contributed by atoms with Crippen LogP contribution in [0, 0.1) is 0 Å². The van der Waals surface area contributed by atoms with Crippen LogP contribution < -0.4 is 0 Å². The summed E-state index contributed by atoms with van der Waals surface area (Å²) in [6.07, 6.45) is 0.0564. The van der Waals surface area contributed by atoms with Crippen molar-refractivity contribution in [1.82, 2.24) is 0 Å². The van der Waals surface area contributed by atoms with Gasteiger partial charge >= 0.3 is 0 Å². The van der Waals surface area contributed by atoms with Gasteiger partial charge in [0.1, 0.15) is 0 Å². The minimum absolute atomic E-state index is 0.0564. The van der Waals surface area contributed by atoms with Gasteiger partial charge in [-0.15, -0.1) is 0 Å². The van der Waals surface area contributed by atoms with E-state index in [1.165, 1.54) is 6.66 Å². The third-order valence-corrected chi connectivity index (χ3v) is 2.62. The summed E-state index contributed by atoms with van der Waals surface area (Å²) in [6, 6.07) is 0. The van der Waals surface area contributed by atoms with Crippen molar-refractivity contribution in [3.05, 3.63) is 12.3 Å². The summed E-state index contributed by atoms with van der Waals surface area (Å²) < 4.78 is 16.1. The van der Waals surface area contributed by atoms with Crippen LogP contribution in [-0.4, -0.2) is 24.5 Å². The molecule has 0 saturated heterocycles. The highest BCUT2D eigenvalue weighted by Crippen LogP contribution is 2.43. The van der Waals surface area contributed by atoms with Gasteiger partial charge in [-0.25, -0.2) is 0 Å². The number of aliphatic hydroxyl groups excluding tert-OH is 1. The first-order valence-corrected chi connectivity index (χ1v) is 5.31. The van der Waals surface area contributed by atoms with E-state index in [9.17, 15) is 4.57 Å². The van der Waals surface area contributed by atoms with Gasteiger partial charge in [0.05, 0.1) is 18.5 Å². The molecular formula is C6H13O3P. The van der Waals surface area contributed by atoms with E-state index < -0.39 is 7.37 Å². The Morgan fingerprint density at radius 1 is 1.80 bits per heavy atom. The maximum Gasteiger partial charge on any atom is 0.207 e. The van der Waals surface area contributed by atoms with Crippen LogP contribution in [0.3, 0.4) is 0 Å². The lowest BCUT2D eigenvalue weighted by molar-refractivity contribution is 0.331. The van der Waals surface area contributed by atoms with Crippen LogP contribution in [0.15, 0.2) is 12.3 Å². The summed E-state index contributed by atoms with van der Waals surface area (Å²) in [6.45, 7) is 6.87. The van der Waals surface area contributed by atoms with Crippen LogP contribution >= 0.6 is 7.37 Å². The van der Waals surface area contributed by atoms with Crippen molar-refractivity contribution >= 4 is 7.37 Å². The Morgan fingerprint density at radius 2 is 2.30 bits per heavy atom. The zero-order chi connectivity index (χ0) is 8.20. The minimum atomic E-state index is -2.60. The highest BCUT2D eigenvalue weighted by molar-refractivity contribution is 7.58. The lowest BCUT2D eigenvalue weighted by Crippen LogP contribution is -1.95. The summed E-state index contributed by atoms with van der Waals surface area (Å²) in [4.78, 5) is 0. The van der Waals surface area contributed by atoms with Crippen molar-refractivity contribution in [2.75, 3.05) is 19.4 Å². The molecule has 0 aliphatic rings. The Morgan fingerprint density at radius 3 is 2.60 bits per heavy atom. The molecule has 0 amide bonds. The molecular weight excluding hydrogens is 151 g/mol. The highest BCUT2D eigenvalue weighted by Gasteiger charge is 2.15. The molecule has 0 saturated carbocycles. The van der Waals surface area contributed by atoms with E-state index in [2.05, 4.69) is 6.58 Å². The molecule has 0 aromatic rings. The maximum atomic E-state index is 11.2. The quantitative estimate of drug-likeness (QED) is 0.510. The molecule has 4 heteroatoms. The third kappa shape index (κ3) is 4.59. The fourth-order valence-corrected chi connectivity index (χ4v) is 1.95. The standard InChI is InChI=1S/C6H13O3P/c1-4-9-10(3,8)5-6(2)7/h7H,2,4-5H2,1,3H3. The minimum Gasteiger partial charge on any atom is -0.512 e. The molecule has 0 aliphatic heterocycles. The molecule has 0 aliphatic carbocycles. The molecule has 0 aromatic carbocycles. The smallest absolute Gasteiger partial charge is 0.207 e. The van der Waals surface area contributed by atoms with Crippen LogP contribution in [0.1, 0.15) is 6.92 Å². The number of hydrogen-bond acceptors (Lipinski definition) is 3. The van der Waals surface area contributed by atoms with Crippen LogP contribution in [0.25, 0.3) is 0 Å². The molecule has 0 fully saturated rings. The molecule has 10 heavy (non-hydrogen) atoms. The van der Waals surface area contributed by atoms with Crippen molar-refractivity contribution < 1.29 is 14.2 Å². The Balaban J connectivity index is 3.87. The zero-order valence-electron chi connectivity index (χ0n) is 6.33. The monoisotopic (exact) mass is 164 g/mol. The van der Waals surface area contributed by atoms with Gasteiger partial charge < -0.3 is 9.63 Å². The van der Waals surface area contributed by atoms with Crippen molar-refractivity contribution in [3.8, 4) is 0 Å². The molecule has 0 rings (SSSR count). The Labute approximate surface area is 61.2 Å². The Kier molecular flexibility index (Phi) is 3.69. The molecule has 0 aromatic heterocycles. The first-order valence-electron chi connectivity index (χ1n) is 3.06. The largest absolute Gasteiger partial charge is 0.512 e. The van der Waals surface area contributed by atoms with Gasteiger partial charge in [0.2, 0.25) is 7.37 Å². The number of allylic oxidation sites excluding steroid dienone is 1. The Bertz CT molecular complexity index is 164. The van der Waals surface area contributed by atoms with Gasteiger partial charge in [0.15, 0.2) is 0 Å².